The molecule has 4 heteroatoms. The van der Waals surface area contributed by atoms with E-state index in [0.717, 1.165) is 48.3 Å². The van der Waals surface area contributed by atoms with Gasteiger partial charge in [0.25, 0.3) is 5.91 Å². The third kappa shape index (κ3) is 3.28. The van der Waals surface area contributed by atoms with Crippen molar-refractivity contribution >= 4 is 28.1 Å². The van der Waals surface area contributed by atoms with E-state index in [1.54, 1.807) is 0 Å². The number of carbonyl (C=O) groups excluding carboxylic acids is 1. The van der Waals surface area contributed by atoms with Gasteiger partial charge in [0.1, 0.15) is 0 Å². The molecule has 4 rings (SSSR count). The number of nitrogens with one attached hydrogen (secondary N) is 1. The van der Waals surface area contributed by atoms with E-state index in [2.05, 4.69) is 22.3 Å². The summed E-state index contributed by atoms with van der Waals surface area (Å²) in [5, 5.41) is 5.10. The van der Waals surface area contributed by atoms with Crippen LogP contribution in [0.15, 0.2) is 60.7 Å². The van der Waals surface area contributed by atoms with Crippen LogP contribution < -0.4 is 10.2 Å². The lowest BCUT2D eigenvalue weighted by molar-refractivity contribution is 0.102. The van der Waals surface area contributed by atoms with Crippen LogP contribution in [0.1, 0.15) is 15.9 Å². The maximum absolute atomic E-state index is 12.8. The summed E-state index contributed by atoms with van der Waals surface area (Å²) < 4.78 is 5.41. The molecule has 1 aliphatic rings. The molecule has 0 aliphatic carbocycles. The maximum Gasteiger partial charge on any atom is 0.256 e. The molecule has 1 aliphatic heterocycles. The van der Waals surface area contributed by atoms with Crippen molar-refractivity contribution in [3.05, 3.63) is 71.8 Å². The molecule has 1 saturated heterocycles. The van der Waals surface area contributed by atoms with E-state index >= 15 is 0 Å². The summed E-state index contributed by atoms with van der Waals surface area (Å²) in [5.41, 5.74) is 3.77. The topological polar surface area (TPSA) is 41.6 Å². The Bertz CT molecular complexity index is 941. The van der Waals surface area contributed by atoms with Crippen LogP contribution in [0, 0.1) is 6.92 Å². The van der Waals surface area contributed by atoms with Crippen LogP contribution in [0.4, 0.5) is 11.4 Å². The van der Waals surface area contributed by atoms with Crippen LogP contribution in [-0.4, -0.2) is 32.2 Å². The Morgan fingerprint density at radius 1 is 1.00 bits per heavy atom. The molecule has 1 fully saturated rings. The molecule has 0 spiro atoms. The van der Waals surface area contributed by atoms with Crippen molar-refractivity contribution in [2.75, 3.05) is 36.5 Å². The average Bonchev–Trinajstić information content (AvgIpc) is 2.69. The Kier molecular flexibility index (Phi) is 4.59. The molecule has 3 aromatic carbocycles. The molecule has 4 nitrogen and oxygen atoms in total. The maximum atomic E-state index is 12.8. The standard InChI is InChI=1S/C22H22N2O2/c1-16-15-18(24-11-13-26-14-12-24)9-10-21(16)23-22(25)20-8-4-6-17-5-2-3-7-19(17)20/h2-10,15H,11-14H2,1H3,(H,23,25). The summed E-state index contributed by atoms with van der Waals surface area (Å²) >= 11 is 0. The van der Waals surface area contributed by atoms with Gasteiger partial charge in [-0.1, -0.05) is 36.4 Å². The van der Waals surface area contributed by atoms with Crippen LogP contribution in [0.2, 0.25) is 0 Å². The van der Waals surface area contributed by atoms with Gasteiger partial charge in [-0.05, 0) is 47.5 Å². The van der Waals surface area contributed by atoms with Crippen molar-refractivity contribution in [2.45, 2.75) is 6.92 Å². The van der Waals surface area contributed by atoms with Crippen LogP contribution in [0.25, 0.3) is 10.8 Å². The van der Waals surface area contributed by atoms with E-state index < -0.39 is 0 Å². The molecule has 1 N–H and O–H groups in total. The predicted molar refractivity (Wildman–Crippen MR) is 106 cm³/mol. The van der Waals surface area contributed by atoms with Gasteiger partial charge >= 0.3 is 0 Å². The Balaban J connectivity index is 1.57. The second-order valence-corrected chi connectivity index (χ2v) is 6.58. The molecule has 1 amide bonds. The first-order valence-electron chi connectivity index (χ1n) is 8.95. The molecule has 1 heterocycles. The molecule has 0 atom stereocenters. The summed E-state index contributed by atoms with van der Waals surface area (Å²) in [4.78, 5) is 15.1. The van der Waals surface area contributed by atoms with Gasteiger partial charge in [0, 0.05) is 30.0 Å². The van der Waals surface area contributed by atoms with Crippen LogP contribution in [-0.2, 0) is 4.74 Å². The Hall–Kier alpha value is -2.85. The monoisotopic (exact) mass is 346 g/mol. The van der Waals surface area contributed by atoms with Gasteiger partial charge in [0.2, 0.25) is 0 Å². The summed E-state index contributed by atoms with van der Waals surface area (Å²) in [6.07, 6.45) is 0. The lowest BCUT2D eigenvalue weighted by Gasteiger charge is -2.29. The van der Waals surface area contributed by atoms with Gasteiger partial charge in [0.15, 0.2) is 0 Å². The predicted octanol–water partition coefficient (Wildman–Crippen LogP) is 4.24. The largest absolute Gasteiger partial charge is 0.378 e. The fraction of sp³-hybridized carbons (Fsp3) is 0.227. The highest BCUT2D eigenvalue weighted by Crippen LogP contribution is 2.25. The summed E-state index contributed by atoms with van der Waals surface area (Å²) in [7, 11) is 0. The highest BCUT2D eigenvalue weighted by molar-refractivity contribution is 6.13. The number of fused-ring (bicyclic) bond motifs is 1. The molecule has 26 heavy (non-hydrogen) atoms. The third-order valence-corrected chi connectivity index (χ3v) is 4.87. The number of morpholine rings is 1. The highest BCUT2D eigenvalue weighted by Gasteiger charge is 2.14. The molecular weight excluding hydrogens is 324 g/mol. The normalized spacial score (nSPS) is 14.4. The second kappa shape index (κ2) is 7.18. The van der Waals surface area contributed by atoms with E-state index in [9.17, 15) is 4.79 Å². The Morgan fingerprint density at radius 2 is 1.77 bits per heavy atom. The minimum absolute atomic E-state index is 0.0796. The van der Waals surface area contributed by atoms with Gasteiger partial charge in [-0.2, -0.15) is 0 Å². The first kappa shape index (κ1) is 16.6. The van der Waals surface area contributed by atoms with Gasteiger partial charge in [-0.25, -0.2) is 0 Å². The molecule has 0 bridgehead atoms. The van der Waals surface area contributed by atoms with Gasteiger partial charge in [-0.15, -0.1) is 0 Å². The fourth-order valence-electron chi connectivity index (χ4n) is 3.42. The summed E-state index contributed by atoms with van der Waals surface area (Å²) in [6.45, 7) is 5.36. The minimum Gasteiger partial charge on any atom is -0.378 e. The van der Waals surface area contributed by atoms with E-state index in [1.807, 2.05) is 55.5 Å². The van der Waals surface area contributed by atoms with E-state index in [1.165, 1.54) is 5.69 Å². The molecule has 0 radical (unpaired) electrons. The molecule has 0 aromatic heterocycles. The second-order valence-electron chi connectivity index (χ2n) is 6.58. The molecule has 3 aromatic rings. The Morgan fingerprint density at radius 3 is 2.58 bits per heavy atom. The smallest absolute Gasteiger partial charge is 0.256 e. The zero-order valence-electron chi connectivity index (χ0n) is 14.9. The van der Waals surface area contributed by atoms with Crippen LogP contribution in [0.5, 0.6) is 0 Å². The number of aryl methyl sites for hydroxylation is 1. The van der Waals surface area contributed by atoms with Crippen LogP contribution in [0.3, 0.4) is 0 Å². The summed E-state index contributed by atoms with van der Waals surface area (Å²) in [5.74, 6) is -0.0796. The molecule has 132 valence electrons. The quantitative estimate of drug-likeness (QED) is 0.771. The number of hydrogen-bond acceptors (Lipinski definition) is 3. The number of anilines is 2. The van der Waals surface area contributed by atoms with Crippen molar-refractivity contribution in [1.82, 2.24) is 0 Å². The van der Waals surface area contributed by atoms with Crippen molar-refractivity contribution in [2.24, 2.45) is 0 Å². The minimum atomic E-state index is -0.0796. The zero-order chi connectivity index (χ0) is 17.9. The molecule has 0 unspecified atom stereocenters. The van der Waals surface area contributed by atoms with E-state index in [-0.39, 0.29) is 5.91 Å². The van der Waals surface area contributed by atoms with Gasteiger partial charge in [-0.3, -0.25) is 4.79 Å². The number of hydrogen-bond donors (Lipinski definition) is 1. The van der Waals surface area contributed by atoms with Gasteiger partial charge < -0.3 is 15.0 Å². The zero-order valence-corrected chi connectivity index (χ0v) is 14.9. The lowest BCUT2D eigenvalue weighted by Crippen LogP contribution is -2.36. The fourth-order valence-corrected chi connectivity index (χ4v) is 3.42. The van der Waals surface area contributed by atoms with Crippen molar-refractivity contribution < 1.29 is 9.53 Å². The van der Waals surface area contributed by atoms with Crippen molar-refractivity contribution in [3.8, 4) is 0 Å². The first-order chi connectivity index (χ1) is 12.7. The number of amides is 1. The number of carbonyl (C=O) groups is 1. The third-order valence-electron chi connectivity index (χ3n) is 4.87. The van der Waals surface area contributed by atoms with Crippen molar-refractivity contribution in [3.63, 3.8) is 0 Å². The summed E-state index contributed by atoms with van der Waals surface area (Å²) in [6, 6.07) is 20.0. The average molecular weight is 346 g/mol. The number of ether oxygens (including phenoxy) is 1. The first-order valence-corrected chi connectivity index (χ1v) is 8.95. The number of rotatable bonds is 3. The van der Waals surface area contributed by atoms with E-state index in [0.29, 0.717) is 5.56 Å². The lowest BCUT2D eigenvalue weighted by atomic mass is 10.0. The SMILES string of the molecule is Cc1cc(N2CCOCC2)ccc1NC(=O)c1cccc2ccccc12. The highest BCUT2D eigenvalue weighted by atomic mass is 16.5. The molecular formula is C22H22N2O2. The number of nitrogens with zero attached hydrogens (tertiary/aromatic N) is 1. The van der Waals surface area contributed by atoms with Gasteiger partial charge in [0.05, 0.1) is 13.2 Å². The number of benzene rings is 3. The van der Waals surface area contributed by atoms with Crippen molar-refractivity contribution in [1.29, 1.82) is 0 Å². The Labute approximate surface area is 153 Å². The molecule has 0 saturated carbocycles. The van der Waals surface area contributed by atoms with E-state index in [4.69, 9.17) is 4.74 Å². The van der Waals surface area contributed by atoms with Crippen LogP contribution >= 0.6 is 0 Å².